The number of nitrogens with one attached hydrogen (secondary N) is 1. The Morgan fingerprint density at radius 3 is 2.88 bits per heavy atom. The monoisotopic (exact) mass is 471 g/mol. The number of aromatic nitrogens is 1. The highest BCUT2D eigenvalue weighted by Crippen LogP contribution is 2.42. The molecule has 5 rings (SSSR count). The van der Waals surface area contributed by atoms with Crippen molar-refractivity contribution in [2.75, 3.05) is 18.5 Å². The van der Waals surface area contributed by atoms with E-state index in [0.29, 0.717) is 60.4 Å². The maximum absolute atomic E-state index is 13.6. The van der Waals surface area contributed by atoms with Crippen molar-refractivity contribution in [3.63, 3.8) is 0 Å². The van der Waals surface area contributed by atoms with Gasteiger partial charge in [-0.2, -0.15) is 0 Å². The number of carbonyl (C=O) groups is 2. The molecule has 0 bridgehead atoms. The molecule has 4 heterocycles. The van der Waals surface area contributed by atoms with Crippen LogP contribution in [0, 0.1) is 6.92 Å². The van der Waals surface area contributed by atoms with Gasteiger partial charge in [0.15, 0.2) is 5.75 Å². The second kappa shape index (κ2) is 8.41. The van der Waals surface area contributed by atoms with Gasteiger partial charge in [-0.05, 0) is 44.4 Å². The lowest BCUT2D eigenvalue weighted by atomic mass is 10.1. The second-order valence-electron chi connectivity index (χ2n) is 9.00. The first kappa shape index (κ1) is 21.8. The lowest BCUT2D eigenvalue weighted by molar-refractivity contribution is -0.116. The first-order valence-electron chi connectivity index (χ1n) is 11.2. The number of anilines is 1. The standard InChI is InChI=1S/C24H26ClN3O5/c1-12(2)32-23-21-18(6-13(3)22(23)25)31-11-15-7-16(10-28(15)24(21)30)33-20-8-17-14(9-26-20)4-5-19(29)27-17/h6,8-9,12,15-16H,4-5,7,10-11H2,1-3H3,(H,27,29)/t15-,16+/m1/s1. The molecule has 1 fully saturated rings. The van der Waals surface area contributed by atoms with Crippen molar-refractivity contribution in [1.29, 1.82) is 0 Å². The minimum Gasteiger partial charge on any atom is -0.490 e. The SMILES string of the molecule is Cc1cc2c(c(OC(C)C)c1Cl)C(=O)N1C[C@@H](Oc3cc4c(cn3)CCC(=O)N4)C[C@@H]1CO2. The van der Waals surface area contributed by atoms with E-state index in [1.165, 1.54) is 0 Å². The summed E-state index contributed by atoms with van der Waals surface area (Å²) in [5.41, 5.74) is 2.88. The van der Waals surface area contributed by atoms with Gasteiger partial charge >= 0.3 is 0 Å². The van der Waals surface area contributed by atoms with Crippen LogP contribution < -0.4 is 19.5 Å². The molecule has 0 radical (unpaired) electrons. The normalized spacial score (nSPS) is 21.5. The van der Waals surface area contributed by atoms with Gasteiger partial charge in [0.1, 0.15) is 24.0 Å². The molecule has 9 heteroatoms. The fourth-order valence-electron chi connectivity index (χ4n) is 4.57. The Hall–Kier alpha value is -3.00. The van der Waals surface area contributed by atoms with E-state index < -0.39 is 0 Å². The number of rotatable bonds is 4. The van der Waals surface area contributed by atoms with Crippen LogP contribution in [0.1, 0.15) is 48.2 Å². The summed E-state index contributed by atoms with van der Waals surface area (Å²) in [5, 5.41) is 3.28. The topological polar surface area (TPSA) is 90.0 Å². The Kier molecular flexibility index (Phi) is 5.56. The molecule has 2 aromatic rings. The zero-order chi connectivity index (χ0) is 23.3. The Labute approximate surface area is 197 Å². The summed E-state index contributed by atoms with van der Waals surface area (Å²) in [4.78, 5) is 31.5. The molecule has 0 unspecified atom stereocenters. The van der Waals surface area contributed by atoms with Crippen LogP contribution in [0.2, 0.25) is 5.02 Å². The number of fused-ring (bicyclic) bond motifs is 3. The van der Waals surface area contributed by atoms with Crippen molar-refractivity contribution >= 4 is 29.1 Å². The van der Waals surface area contributed by atoms with Gasteiger partial charge in [0.2, 0.25) is 11.8 Å². The maximum Gasteiger partial charge on any atom is 0.261 e. The van der Waals surface area contributed by atoms with Gasteiger partial charge in [-0.15, -0.1) is 0 Å². The second-order valence-corrected chi connectivity index (χ2v) is 9.38. The smallest absolute Gasteiger partial charge is 0.261 e. The third kappa shape index (κ3) is 4.08. The van der Waals surface area contributed by atoms with Gasteiger partial charge in [-0.1, -0.05) is 11.6 Å². The molecule has 1 aromatic carbocycles. The number of pyridine rings is 1. The first-order valence-corrected chi connectivity index (χ1v) is 11.6. The molecule has 3 aliphatic rings. The molecule has 1 aromatic heterocycles. The fraction of sp³-hybridized carbons (Fsp3) is 0.458. The number of aryl methyl sites for hydroxylation is 2. The van der Waals surface area contributed by atoms with Crippen LogP contribution in [0.15, 0.2) is 18.3 Å². The van der Waals surface area contributed by atoms with Crippen LogP contribution in [0.3, 0.4) is 0 Å². The number of hydrogen-bond donors (Lipinski definition) is 1. The highest BCUT2D eigenvalue weighted by Gasteiger charge is 2.42. The predicted octanol–water partition coefficient (Wildman–Crippen LogP) is 3.77. The summed E-state index contributed by atoms with van der Waals surface area (Å²) in [5.74, 6) is 1.10. The molecule has 174 valence electrons. The van der Waals surface area contributed by atoms with Gasteiger partial charge < -0.3 is 24.4 Å². The van der Waals surface area contributed by atoms with E-state index >= 15 is 0 Å². The number of ether oxygens (including phenoxy) is 3. The first-order chi connectivity index (χ1) is 15.8. The minimum absolute atomic E-state index is 0.0105. The number of amides is 2. The van der Waals surface area contributed by atoms with Crippen LogP contribution in [0.4, 0.5) is 5.69 Å². The molecular weight excluding hydrogens is 446 g/mol. The number of halogens is 1. The van der Waals surface area contributed by atoms with Gasteiger partial charge in [0.25, 0.3) is 5.91 Å². The Morgan fingerprint density at radius 2 is 2.09 bits per heavy atom. The number of hydrogen-bond acceptors (Lipinski definition) is 6. The molecule has 1 N–H and O–H groups in total. The highest BCUT2D eigenvalue weighted by molar-refractivity contribution is 6.33. The van der Waals surface area contributed by atoms with E-state index in [2.05, 4.69) is 10.3 Å². The van der Waals surface area contributed by atoms with Crippen molar-refractivity contribution in [3.05, 3.63) is 40.0 Å². The van der Waals surface area contributed by atoms with E-state index in [1.807, 2.05) is 20.8 Å². The quantitative estimate of drug-likeness (QED) is 0.730. The number of carbonyl (C=O) groups excluding carboxylic acids is 2. The Balaban J connectivity index is 1.38. The molecule has 0 spiro atoms. The van der Waals surface area contributed by atoms with Crippen LogP contribution in [0.25, 0.3) is 0 Å². The largest absolute Gasteiger partial charge is 0.490 e. The zero-order valence-electron chi connectivity index (χ0n) is 18.8. The van der Waals surface area contributed by atoms with E-state index in [-0.39, 0.29) is 30.1 Å². The average Bonchev–Trinajstić information content (AvgIpc) is 3.12. The van der Waals surface area contributed by atoms with Crippen LogP contribution >= 0.6 is 11.6 Å². The Bertz CT molecular complexity index is 1140. The van der Waals surface area contributed by atoms with Gasteiger partial charge in [0.05, 0.1) is 29.4 Å². The highest BCUT2D eigenvalue weighted by atomic mass is 35.5. The summed E-state index contributed by atoms with van der Waals surface area (Å²) in [6.45, 7) is 6.40. The summed E-state index contributed by atoms with van der Waals surface area (Å²) in [6.07, 6.45) is 3.08. The third-order valence-corrected chi connectivity index (χ3v) is 6.62. The van der Waals surface area contributed by atoms with Crippen molar-refractivity contribution in [3.8, 4) is 17.4 Å². The average molecular weight is 472 g/mol. The van der Waals surface area contributed by atoms with Crippen LogP contribution in [0.5, 0.6) is 17.4 Å². The Morgan fingerprint density at radius 1 is 1.27 bits per heavy atom. The van der Waals surface area contributed by atoms with Crippen LogP contribution in [-0.2, 0) is 11.2 Å². The summed E-state index contributed by atoms with van der Waals surface area (Å²) in [6, 6.07) is 3.41. The van der Waals surface area contributed by atoms with Crippen molar-refractivity contribution < 1.29 is 23.8 Å². The molecule has 0 aliphatic carbocycles. The molecule has 0 saturated carbocycles. The number of benzene rings is 1. The summed E-state index contributed by atoms with van der Waals surface area (Å²) >= 11 is 6.53. The van der Waals surface area contributed by atoms with Crippen molar-refractivity contribution in [2.24, 2.45) is 0 Å². The minimum atomic E-state index is -0.246. The van der Waals surface area contributed by atoms with E-state index in [1.54, 1.807) is 23.2 Å². The molecule has 2 atom stereocenters. The molecular formula is C24H26ClN3O5. The fourth-order valence-corrected chi connectivity index (χ4v) is 4.76. The lowest BCUT2D eigenvalue weighted by Gasteiger charge is -2.22. The summed E-state index contributed by atoms with van der Waals surface area (Å²) in [7, 11) is 0. The van der Waals surface area contributed by atoms with Gasteiger partial charge in [0, 0.05) is 25.1 Å². The van der Waals surface area contributed by atoms with Gasteiger partial charge in [-0.25, -0.2) is 4.98 Å². The molecule has 2 amide bonds. The number of nitrogens with zero attached hydrogens (tertiary/aromatic N) is 2. The van der Waals surface area contributed by atoms with E-state index in [0.717, 1.165) is 16.8 Å². The third-order valence-electron chi connectivity index (χ3n) is 6.15. The van der Waals surface area contributed by atoms with Crippen molar-refractivity contribution in [2.45, 2.75) is 58.3 Å². The van der Waals surface area contributed by atoms with Crippen LogP contribution in [-0.4, -0.2) is 53.1 Å². The molecule has 1 saturated heterocycles. The van der Waals surface area contributed by atoms with E-state index in [4.69, 9.17) is 25.8 Å². The van der Waals surface area contributed by atoms with E-state index in [9.17, 15) is 9.59 Å². The lowest BCUT2D eigenvalue weighted by Crippen LogP contribution is -2.37. The van der Waals surface area contributed by atoms with Gasteiger partial charge in [-0.3, -0.25) is 9.59 Å². The summed E-state index contributed by atoms with van der Waals surface area (Å²) < 4.78 is 18.1. The molecule has 3 aliphatic heterocycles. The molecule has 33 heavy (non-hydrogen) atoms. The molecule has 8 nitrogen and oxygen atoms in total. The predicted molar refractivity (Wildman–Crippen MR) is 122 cm³/mol. The van der Waals surface area contributed by atoms with Crippen molar-refractivity contribution in [1.82, 2.24) is 9.88 Å². The maximum atomic E-state index is 13.6. The zero-order valence-corrected chi connectivity index (χ0v) is 19.6.